The number of alkyl halides is 6. The third-order valence-electron chi connectivity index (χ3n) is 9.53. The van der Waals surface area contributed by atoms with E-state index in [0.29, 0.717) is 13.1 Å². The largest absolute Gasteiger partial charge is 0.406 e. The predicted molar refractivity (Wildman–Crippen MR) is 136 cm³/mol. The highest BCUT2D eigenvalue weighted by Gasteiger charge is 2.52. The normalized spacial score (nSPS) is 40.1. The molecule has 1 aliphatic carbocycles. The number of piperidine rings is 1. The first-order valence-corrected chi connectivity index (χ1v) is 14.3. The lowest BCUT2D eigenvalue weighted by molar-refractivity contribution is -0.150. The van der Waals surface area contributed by atoms with Gasteiger partial charge in [-0.15, -0.1) is 0 Å². The van der Waals surface area contributed by atoms with Crippen LogP contribution < -0.4 is 21.3 Å². The van der Waals surface area contributed by atoms with Crippen LogP contribution >= 0.6 is 0 Å². The SMILES string of the molecule is COC1NCCCC1C1NCC2C(N1)N(CC1CCC(C3NC(C(F)(F)F)CN3C)CC1)C(=N)N2CC(F)(F)F. The first kappa shape index (κ1) is 30.1. The zero-order valence-corrected chi connectivity index (χ0v) is 23.0. The minimum Gasteiger partial charge on any atom is -0.366 e. The second-order valence-electron chi connectivity index (χ2n) is 12.1. The van der Waals surface area contributed by atoms with Gasteiger partial charge in [-0.25, -0.2) is 0 Å². The van der Waals surface area contributed by atoms with E-state index in [0.717, 1.165) is 50.0 Å². The highest BCUT2D eigenvalue weighted by Crippen LogP contribution is 2.38. The van der Waals surface area contributed by atoms with Crippen LogP contribution in [0.5, 0.6) is 0 Å². The summed E-state index contributed by atoms with van der Waals surface area (Å²) in [6, 6.07) is -2.08. The summed E-state index contributed by atoms with van der Waals surface area (Å²) in [5, 5.41) is 21.8. The number of hydrogen-bond acceptors (Lipinski definition) is 7. The molecule has 4 aliphatic heterocycles. The standard InChI is InChI=1S/C25H42F6N8O/c1-37-12-18(25(29,30)31)35-20(37)15-7-5-14(6-8-15)11-38-21-17(39(23(38)32)13-24(26,27)28)10-34-19(36-21)16-4-3-9-33-22(16)40-2/h14-22,32-36H,3-13H2,1-2H3. The van der Waals surface area contributed by atoms with Crippen molar-refractivity contribution < 1.29 is 31.1 Å². The van der Waals surface area contributed by atoms with Gasteiger partial charge in [0.15, 0.2) is 5.96 Å². The van der Waals surface area contributed by atoms with E-state index in [1.807, 2.05) is 0 Å². The number of hydrogen-bond donors (Lipinski definition) is 5. The summed E-state index contributed by atoms with van der Waals surface area (Å²) >= 11 is 0. The van der Waals surface area contributed by atoms with E-state index >= 15 is 0 Å². The molecule has 9 nitrogen and oxygen atoms in total. The Bertz CT molecular complexity index is 884. The van der Waals surface area contributed by atoms with Crippen LogP contribution in [0.15, 0.2) is 0 Å². The van der Waals surface area contributed by atoms with Gasteiger partial charge in [0.2, 0.25) is 0 Å². The van der Waals surface area contributed by atoms with Crippen molar-refractivity contribution in [2.24, 2.45) is 17.8 Å². The molecule has 230 valence electrons. The summed E-state index contributed by atoms with van der Waals surface area (Å²) in [4.78, 5) is 4.67. The highest BCUT2D eigenvalue weighted by atomic mass is 19.4. The predicted octanol–water partition coefficient (Wildman–Crippen LogP) is 1.89. The summed E-state index contributed by atoms with van der Waals surface area (Å²) in [7, 11) is 3.36. The molecule has 40 heavy (non-hydrogen) atoms. The van der Waals surface area contributed by atoms with Crippen LogP contribution in [0.25, 0.3) is 0 Å². The minimum absolute atomic E-state index is 0.0710. The van der Waals surface area contributed by atoms with Crippen molar-refractivity contribution in [3.63, 3.8) is 0 Å². The van der Waals surface area contributed by atoms with E-state index in [9.17, 15) is 26.3 Å². The Hall–Kier alpha value is -1.39. The average molecular weight is 585 g/mol. The summed E-state index contributed by atoms with van der Waals surface area (Å²) < 4.78 is 85.9. The monoisotopic (exact) mass is 584 g/mol. The molecule has 1 saturated carbocycles. The van der Waals surface area contributed by atoms with Gasteiger partial charge >= 0.3 is 12.4 Å². The first-order chi connectivity index (χ1) is 18.9. The Kier molecular flexibility index (Phi) is 8.81. The molecule has 0 spiro atoms. The molecule has 0 radical (unpaired) electrons. The Morgan fingerprint density at radius 3 is 2.30 bits per heavy atom. The van der Waals surface area contributed by atoms with Crippen molar-refractivity contribution >= 4 is 5.96 Å². The average Bonchev–Trinajstić information content (AvgIpc) is 3.42. The van der Waals surface area contributed by atoms with Crippen molar-refractivity contribution in [3.8, 4) is 0 Å². The molecule has 7 atom stereocenters. The number of fused-ring (bicyclic) bond motifs is 1. The Balaban J connectivity index is 1.24. The molecule has 4 heterocycles. The van der Waals surface area contributed by atoms with Gasteiger partial charge in [-0.2, -0.15) is 26.3 Å². The fourth-order valence-electron chi connectivity index (χ4n) is 7.54. The number of nitrogens with zero attached hydrogens (tertiary/aromatic N) is 3. The van der Waals surface area contributed by atoms with Crippen molar-refractivity contribution in [1.82, 2.24) is 36.0 Å². The molecule has 0 aromatic carbocycles. The van der Waals surface area contributed by atoms with Crippen LogP contribution in [-0.4, -0.2) is 117 Å². The molecule has 7 unspecified atom stereocenters. The minimum atomic E-state index is -4.44. The summed E-state index contributed by atoms with van der Waals surface area (Å²) in [5.41, 5.74) is 0. The van der Waals surface area contributed by atoms with E-state index in [4.69, 9.17) is 10.1 Å². The van der Waals surface area contributed by atoms with Gasteiger partial charge in [-0.3, -0.25) is 31.6 Å². The van der Waals surface area contributed by atoms with Gasteiger partial charge in [-0.1, -0.05) is 0 Å². The van der Waals surface area contributed by atoms with E-state index in [1.165, 1.54) is 0 Å². The fraction of sp³-hybridized carbons (Fsp3) is 0.960. The van der Waals surface area contributed by atoms with E-state index in [2.05, 4.69) is 21.3 Å². The summed E-state index contributed by atoms with van der Waals surface area (Å²) in [5.74, 6) is 0.178. The molecule has 0 amide bonds. The quantitative estimate of drug-likeness (QED) is 0.303. The maximum Gasteiger partial charge on any atom is 0.406 e. The molecule has 5 aliphatic rings. The van der Waals surface area contributed by atoms with E-state index < -0.39 is 37.1 Å². The van der Waals surface area contributed by atoms with Crippen molar-refractivity contribution in [2.45, 2.75) is 87.7 Å². The van der Waals surface area contributed by atoms with E-state index in [1.54, 1.807) is 24.0 Å². The summed E-state index contributed by atoms with van der Waals surface area (Å²) in [6.07, 6.45) is -5.01. The highest BCUT2D eigenvalue weighted by molar-refractivity contribution is 5.80. The summed E-state index contributed by atoms with van der Waals surface area (Å²) in [6.45, 7) is 0.345. The van der Waals surface area contributed by atoms with Crippen molar-refractivity contribution in [1.29, 1.82) is 5.41 Å². The molecule has 0 bridgehead atoms. The molecule has 5 fully saturated rings. The lowest BCUT2D eigenvalue weighted by Gasteiger charge is -2.45. The van der Waals surface area contributed by atoms with Crippen LogP contribution in [0.2, 0.25) is 0 Å². The molecular weight excluding hydrogens is 542 g/mol. The van der Waals surface area contributed by atoms with Crippen LogP contribution in [-0.2, 0) is 4.74 Å². The fourth-order valence-corrected chi connectivity index (χ4v) is 7.54. The van der Waals surface area contributed by atoms with Gasteiger partial charge in [0.25, 0.3) is 0 Å². The van der Waals surface area contributed by atoms with Gasteiger partial charge < -0.3 is 14.5 Å². The lowest BCUT2D eigenvalue weighted by atomic mass is 9.80. The van der Waals surface area contributed by atoms with Gasteiger partial charge in [0, 0.05) is 32.7 Å². The third kappa shape index (κ3) is 6.33. The first-order valence-electron chi connectivity index (χ1n) is 14.3. The van der Waals surface area contributed by atoms with Gasteiger partial charge in [0.05, 0.1) is 18.4 Å². The number of rotatable bonds is 6. The van der Waals surface area contributed by atoms with Gasteiger partial charge in [-0.05, 0) is 64.0 Å². The Morgan fingerprint density at radius 1 is 0.950 bits per heavy atom. The van der Waals surface area contributed by atoms with Crippen LogP contribution in [0.1, 0.15) is 38.5 Å². The molecule has 5 N–H and O–H groups in total. The van der Waals surface area contributed by atoms with Crippen LogP contribution in [0.4, 0.5) is 26.3 Å². The number of guanidine groups is 1. The third-order valence-corrected chi connectivity index (χ3v) is 9.53. The van der Waals surface area contributed by atoms with Crippen LogP contribution in [0.3, 0.4) is 0 Å². The zero-order valence-electron chi connectivity index (χ0n) is 23.0. The maximum atomic E-state index is 13.5. The number of nitrogens with one attached hydrogen (secondary N) is 5. The number of halogens is 6. The number of likely N-dealkylation sites (N-methyl/N-ethyl adjacent to an activating group) is 1. The second-order valence-corrected chi connectivity index (χ2v) is 12.1. The zero-order chi connectivity index (χ0) is 28.8. The van der Waals surface area contributed by atoms with Crippen molar-refractivity contribution in [3.05, 3.63) is 0 Å². The second kappa shape index (κ2) is 11.7. The molecule has 0 aromatic heterocycles. The lowest BCUT2D eigenvalue weighted by Crippen LogP contribution is -2.69. The molecule has 15 heteroatoms. The number of ether oxygens (including phenoxy) is 1. The Labute approximate surface area is 231 Å². The molecule has 0 aromatic rings. The van der Waals surface area contributed by atoms with Crippen LogP contribution in [0, 0.1) is 23.2 Å². The molecular formula is C25H42F6N8O. The molecule has 4 saturated heterocycles. The molecule has 5 rings (SSSR count). The van der Waals surface area contributed by atoms with Gasteiger partial charge in [0.1, 0.15) is 25.0 Å². The number of methoxy groups -OCH3 is 1. The topological polar surface area (TPSA) is 90.9 Å². The maximum absolute atomic E-state index is 13.5. The van der Waals surface area contributed by atoms with E-state index in [-0.39, 0.29) is 48.8 Å². The van der Waals surface area contributed by atoms with Crippen molar-refractivity contribution in [2.75, 3.05) is 46.9 Å². The Morgan fingerprint density at radius 2 is 1.68 bits per heavy atom. The smallest absolute Gasteiger partial charge is 0.366 e.